The van der Waals surface area contributed by atoms with Gasteiger partial charge in [0.15, 0.2) is 0 Å². The fourth-order valence-electron chi connectivity index (χ4n) is 1.79. The lowest BCUT2D eigenvalue weighted by Crippen LogP contribution is -2.40. The van der Waals surface area contributed by atoms with Crippen molar-refractivity contribution in [3.63, 3.8) is 0 Å². The van der Waals surface area contributed by atoms with Gasteiger partial charge in [0.25, 0.3) is 0 Å². The summed E-state index contributed by atoms with van der Waals surface area (Å²) in [5, 5.41) is 2.95. The van der Waals surface area contributed by atoms with Gasteiger partial charge in [0.1, 0.15) is 6.10 Å². The molecule has 88 valence electrons. The van der Waals surface area contributed by atoms with Crippen molar-refractivity contribution in [3.8, 4) is 0 Å². The van der Waals surface area contributed by atoms with E-state index >= 15 is 0 Å². The fraction of sp³-hybridized carbons (Fsp3) is 0.909. The van der Waals surface area contributed by atoms with Gasteiger partial charge in [0.05, 0.1) is 6.10 Å². The molecule has 1 N–H and O–H groups in total. The average molecular weight is 234 g/mol. The van der Waals surface area contributed by atoms with Crippen LogP contribution in [0.3, 0.4) is 0 Å². The third-order valence-corrected chi connectivity index (χ3v) is 2.95. The van der Waals surface area contributed by atoms with E-state index in [1.807, 2.05) is 13.8 Å². The van der Waals surface area contributed by atoms with Crippen molar-refractivity contribution in [3.05, 3.63) is 0 Å². The molecule has 0 saturated carbocycles. The van der Waals surface area contributed by atoms with Crippen LogP contribution in [0.15, 0.2) is 0 Å². The van der Waals surface area contributed by atoms with E-state index in [9.17, 15) is 4.79 Å². The van der Waals surface area contributed by atoms with E-state index in [0.717, 1.165) is 25.7 Å². The Labute approximate surface area is 96.5 Å². The highest BCUT2D eigenvalue weighted by Crippen LogP contribution is 2.19. The lowest BCUT2D eigenvalue weighted by Gasteiger charge is -2.16. The standard InChI is InChI=1S/C11H20ClNO2/c1-8(4-3-7-12)13-11(14)10-6-5-9(2)15-10/h8-10H,3-7H2,1-2H3,(H,13,14). The lowest BCUT2D eigenvalue weighted by molar-refractivity contribution is -0.132. The van der Waals surface area contributed by atoms with Crippen LogP contribution >= 0.6 is 11.6 Å². The molecule has 0 spiro atoms. The first-order valence-corrected chi connectivity index (χ1v) is 6.18. The number of rotatable bonds is 5. The minimum Gasteiger partial charge on any atom is -0.365 e. The molecule has 1 rings (SSSR count). The quantitative estimate of drug-likeness (QED) is 0.739. The number of amides is 1. The van der Waals surface area contributed by atoms with Crippen LogP contribution in [-0.4, -0.2) is 30.0 Å². The zero-order valence-corrected chi connectivity index (χ0v) is 10.2. The summed E-state index contributed by atoms with van der Waals surface area (Å²) in [6.45, 7) is 4.01. The molecule has 3 nitrogen and oxygen atoms in total. The largest absolute Gasteiger partial charge is 0.365 e. The number of carbonyl (C=O) groups excluding carboxylic acids is 1. The average Bonchev–Trinajstić information content (AvgIpc) is 2.61. The summed E-state index contributed by atoms with van der Waals surface area (Å²) in [7, 11) is 0. The van der Waals surface area contributed by atoms with Crippen LogP contribution in [0.2, 0.25) is 0 Å². The minimum atomic E-state index is -0.238. The molecule has 1 amide bonds. The molecule has 0 bridgehead atoms. The van der Waals surface area contributed by atoms with E-state index in [2.05, 4.69) is 5.32 Å². The van der Waals surface area contributed by atoms with Crippen molar-refractivity contribution in [2.75, 3.05) is 5.88 Å². The number of nitrogens with one attached hydrogen (secondary N) is 1. The normalized spacial score (nSPS) is 27.7. The first-order chi connectivity index (χ1) is 7.13. The Hall–Kier alpha value is -0.280. The van der Waals surface area contributed by atoms with Crippen LogP contribution in [0.4, 0.5) is 0 Å². The molecule has 0 aromatic carbocycles. The maximum absolute atomic E-state index is 11.7. The van der Waals surface area contributed by atoms with Crippen LogP contribution in [0.25, 0.3) is 0 Å². The Morgan fingerprint density at radius 3 is 2.87 bits per heavy atom. The number of carbonyl (C=O) groups is 1. The van der Waals surface area contributed by atoms with Crippen LogP contribution < -0.4 is 5.32 Å². The zero-order chi connectivity index (χ0) is 11.3. The number of alkyl halides is 1. The van der Waals surface area contributed by atoms with Gasteiger partial charge in [-0.2, -0.15) is 0 Å². The smallest absolute Gasteiger partial charge is 0.249 e. The van der Waals surface area contributed by atoms with Gasteiger partial charge in [-0.1, -0.05) is 0 Å². The number of hydrogen-bond donors (Lipinski definition) is 1. The SMILES string of the molecule is CC(CCCCl)NC(=O)C1CCC(C)O1. The molecule has 1 aliphatic heterocycles. The summed E-state index contributed by atoms with van der Waals surface area (Å²) in [5.74, 6) is 0.679. The predicted octanol–water partition coefficient (Wildman–Crippen LogP) is 2.08. The van der Waals surface area contributed by atoms with Crippen LogP contribution in [0.5, 0.6) is 0 Å². The Morgan fingerprint density at radius 2 is 2.33 bits per heavy atom. The van der Waals surface area contributed by atoms with Crippen molar-refractivity contribution >= 4 is 17.5 Å². The third kappa shape index (κ3) is 4.39. The molecule has 0 radical (unpaired) electrons. The monoisotopic (exact) mass is 233 g/mol. The van der Waals surface area contributed by atoms with Gasteiger partial charge in [-0.05, 0) is 39.5 Å². The van der Waals surface area contributed by atoms with E-state index < -0.39 is 0 Å². The third-order valence-electron chi connectivity index (χ3n) is 2.68. The Balaban J connectivity index is 2.23. The molecule has 3 unspecified atom stereocenters. The molecule has 1 heterocycles. The van der Waals surface area contributed by atoms with Crippen molar-refractivity contribution in [2.24, 2.45) is 0 Å². The molecule has 15 heavy (non-hydrogen) atoms. The van der Waals surface area contributed by atoms with Gasteiger partial charge in [-0.3, -0.25) is 4.79 Å². The molecule has 1 fully saturated rings. The van der Waals surface area contributed by atoms with Gasteiger partial charge in [-0.15, -0.1) is 11.6 Å². The van der Waals surface area contributed by atoms with E-state index in [4.69, 9.17) is 16.3 Å². The number of ether oxygens (including phenoxy) is 1. The molecular weight excluding hydrogens is 214 g/mol. The summed E-state index contributed by atoms with van der Waals surface area (Å²) in [6, 6.07) is 0.191. The molecule has 0 aliphatic carbocycles. The molecule has 0 aromatic heterocycles. The molecular formula is C11H20ClNO2. The van der Waals surface area contributed by atoms with Crippen molar-refractivity contribution < 1.29 is 9.53 Å². The first-order valence-electron chi connectivity index (χ1n) is 5.65. The minimum absolute atomic E-state index is 0.0291. The molecule has 0 aromatic rings. The lowest BCUT2D eigenvalue weighted by atomic mass is 10.1. The second-order valence-electron chi connectivity index (χ2n) is 4.25. The van der Waals surface area contributed by atoms with Gasteiger partial charge < -0.3 is 10.1 Å². The van der Waals surface area contributed by atoms with Gasteiger partial charge >= 0.3 is 0 Å². The van der Waals surface area contributed by atoms with Crippen molar-refractivity contribution in [1.29, 1.82) is 0 Å². The highest BCUT2D eigenvalue weighted by Gasteiger charge is 2.28. The Bertz CT molecular complexity index is 211. The highest BCUT2D eigenvalue weighted by molar-refractivity contribution is 6.17. The first kappa shape index (κ1) is 12.8. The number of hydrogen-bond acceptors (Lipinski definition) is 2. The van der Waals surface area contributed by atoms with Crippen LogP contribution in [-0.2, 0) is 9.53 Å². The highest BCUT2D eigenvalue weighted by atomic mass is 35.5. The van der Waals surface area contributed by atoms with E-state index in [-0.39, 0.29) is 24.2 Å². The second-order valence-corrected chi connectivity index (χ2v) is 4.63. The van der Waals surface area contributed by atoms with Crippen LogP contribution in [0, 0.1) is 0 Å². The van der Waals surface area contributed by atoms with Crippen LogP contribution in [0.1, 0.15) is 39.5 Å². The molecule has 1 aliphatic rings. The summed E-state index contributed by atoms with van der Waals surface area (Å²) >= 11 is 5.59. The van der Waals surface area contributed by atoms with Gasteiger partial charge in [0, 0.05) is 11.9 Å². The second kappa shape index (κ2) is 6.33. The van der Waals surface area contributed by atoms with E-state index in [1.165, 1.54) is 0 Å². The maximum atomic E-state index is 11.7. The summed E-state index contributed by atoms with van der Waals surface area (Å²) in [6.07, 6.45) is 3.67. The fourth-order valence-corrected chi connectivity index (χ4v) is 1.94. The molecule has 4 heteroatoms. The van der Waals surface area contributed by atoms with Gasteiger partial charge in [0.2, 0.25) is 5.91 Å². The van der Waals surface area contributed by atoms with Crippen molar-refractivity contribution in [2.45, 2.75) is 57.8 Å². The predicted molar refractivity (Wildman–Crippen MR) is 61.1 cm³/mol. The Kier molecular flexibility index (Phi) is 5.40. The summed E-state index contributed by atoms with van der Waals surface area (Å²) in [5.41, 5.74) is 0. The molecule has 1 saturated heterocycles. The molecule has 3 atom stereocenters. The van der Waals surface area contributed by atoms with Gasteiger partial charge in [-0.25, -0.2) is 0 Å². The maximum Gasteiger partial charge on any atom is 0.249 e. The van der Waals surface area contributed by atoms with E-state index in [1.54, 1.807) is 0 Å². The summed E-state index contributed by atoms with van der Waals surface area (Å²) < 4.78 is 5.49. The Morgan fingerprint density at radius 1 is 1.60 bits per heavy atom. The number of halogens is 1. The van der Waals surface area contributed by atoms with Crippen molar-refractivity contribution in [1.82, 2.24) is 5.32 Å². The summed E-state index contributed by atoms with van der Waals surface area (Å²) in [4.78, 5) is 11.7. The topological polar surface area (TPSA) is 38.3 Å². The zero-order valence-electron chi connectivity index (χ0n) is 9.46. The van der Waals surface area contributed by atoms with E-state index in [0.29, 0.717) is 5.88 Å².